The fourth-order valence-electron chi connectivity index (χ4n) is 3.08. The normalized spacial score (nSPS) is 18.9. The van der Waals surface area contributed by atoms with Crippen LogP contribution in [0.1, 0.15) is 27.9 Å². The third-order valence-corrected chi connectivity index (χ3v) is 6.20. The van der Waals surface area contributed by atoms with E-state index in [2.05, 4.69) is 0 Å². The van der Waals surface area contributed by atoms with Crippen LogP contribution in [-0.2, 0) is 16.4 Å². The monoisotopic (exact) mass is 361 g/mol. The van der Waals surface area contributed by atoms with Crippen molar-refractivity contribution in [1.29, 1.82) is 0 Å². The summed E-state index contributed by atoms with van der Waals surface area (Å²) in [5.74, 6) is -0.566. The summed E-state index contributed by atoms with van der Waals surface area (Å²) in [5.41, 5.74) is 2.19. The number of nitrogens with zero attached hydrogens (tertiary/aromatic N) is 1. The molecule has 1 aliphatic rings. The standard InChI is InChI=1S/C19H20FNO3S/c1-14-5-7-16(8-6-14)19(22)21(18-9-10-25(23,24)13-18)12-15-3-2-4-17(20)11-15/h2-8,11,18H,9-10,12-13H2,1H3/t18-/m1/s1. The Labute approximate surface area is 147 Å². The predicted octanol–water partition coefficient (Wildman–Crippen LogP) is 2.96. The van der Waals surface area contributed by atoms with E-state index >= 15 is 0 Å². The van der Waals surface area contributed by atoms with Gasteiger partial charge in [0.2, 0.25) is 0 Å². The molecule has 1 saturated heterocycles. The van der Waals surface area contributed by atoms with E-state index in [-0.39, 0.29) is 35.8 Å². The molecule has 4 nitrogen and oxygen atoms in total. The van der Waals surface area contributed by atoms with Gasteiger partial charge < -0.3 is 4.90 Å². The zero-order chi connectivity index (χ0) is 18.0. The molecule has 6 heteroatoms. The van der Waals surface area contributed by atoms with E-state index in [9.17, 15) is 17.6 Å². The van der Waals surface area contributed by atoms with Gasteiger partial charge in [-0.1, -0.05) is 29.8 Å². The SMILES string of the molecule is Cc1ccc(C(=O)N(Cc2cccc(F)c2)[C@@H]2CCS(=O)(=O)C2)cc1. The largest absolute Gasteiger partial charge is 0.330 e. The summed E-state index contributed by atoms with van der Waals surface area (Å²) < 4.78 is 37.2. The first kappa shape index (κ1) is 17.6. The summed E-state index contributed by atoms with van der Waals surface area (Å²) in [6.45, 7) is 2.12. The quantitative estimate of drug-likeness (QED) is 0.841. The zero-order valence-electron chi connectivity index (χ0n) is 14.0. The summed E-state index contributed by atoms with van der Waals surface area (Å²) in [4.78, 5) is 14.5. The van der Waals surface area contributed by atoms with E-state index in [1.54, 1.807) is 29.2 Å². The molecule has 0 N–H and O–H groups in total. The minimum atomic E-state index is -3.13. The lowest BCUT2D eigenvalue weighted by molar-refractivity contribution is 0.0680. The summed E-state index contributed by atoms with van der Waals surface area (Å²) in [7, 11) is -3.13. The van der Waals surface area contributed by atoms with E-state index in [4.69, 9.17) is 0 Å². The third-order valence-electron chi connectivity index (χ3n) is 4.45. The van der Waals surface area contributed by atoms with Crippen molar-refractivity contribution < 1.29 is 17.6 Å². The van der Waals surface area contributed by atoms with Crippen LogP contribution in [-0.4, -0.2) is 36.8 Å². The highest BCUT2D eigenvalue weighted by atomic mass is 32.2. The molecule has 0 aliphatic carbocycles. The average molecular weight is 361 g/mol. The third kappa shape index (κ3) is 4.25. The zero-order valence-corrected chi connectivity index (χ0v) is 14.8. The number of amides is 1. The molecule has 25 heavy (non-hydrogen) atoms. The Hall–Kier alpha value is -2.21. The lowest BCUT2D eigenvalue weighted by Crippen LogP contribution is -2.40. The molecule has 2 aromatic carbocycles. The van der Waals surface area contributed by atoms with Crippen LogP contribution < -0.4 is 0 Å². The van der Waals surface area contributed by atoms with Crippen LogP contribution in [0.25, 0.3) is 0 Å². The second kappa shape index (κ2) is 6.96. The number of hydrogen-bond donors (Lipinski definition) is 0. The fraction of sp³-hybridized carbons (Fsp3) is 0.316. The molecule has 0 spiro atoms. The van der Waals surface area contributed by atoms with Crippen LogP contribution in [0.2, 0.25) is 0 Å². The van der Waals surface area contributed by atoms with Crippen molar-refractivity contribution in [2.45, 2.75) is 25.9 Å². The molecular weight excluding hydrogens is 341 g/mol. The first-order chi connectivity index (χ1) is 11.8. The number of carbonyl (C=O) groups excluding carboxylic acids is 1. The number of carbonyl (C=O) groups is 1. The van der Waals surface area contributed by atoms with Gasteiger partial charge in [0.1, 0.15) is 5.82 Å². The van der Waals surface area contributed by atoms with Crippen molar-refractivity contribution in [3.05, 3.63) is 71.0 Å². The van der Waals surface area contributed by atoms with Crippen LogP contribution in [0, 0.1) is 12.7 Å². The number of rotatable bonds is 4. The van der Waals surface area contributed by atoms with E-state index in [0.717, 1.165) is 5.56 Å². The van der Waals surface area contributed by atoms with Gasteiger partial charge in [-0.25, -0.2) is 12.8 Å². The van der Waals surface area contributed by atoms with Gasteiger partial charge in [0.15, 0.2) is 9.84 Å². The van der Waals surface area contributed by atoms with Crippen LogP contribution in [0.3, 0.4) is 0 Å². The molecule has 1 fully saturated rings. The summed E-state index contributed by atoms with van der Waals surface area (Å²) in [5, 5.41) is 0. The number of benzene rings is 2. The molecule has 2 aromatic rings. The minimum absolute atomic E-state index is 0.0417. The lowest BCUT2D eigenvalue weighted by Gasteiger charge is -2.28. The molecule has 1 heterocycles. The van der Waals surface area contributed by atoms with E-state index < -0.39 is 9.84 Å². The van der Waals surface area contributed by atoms with Crippen molar-refractivity contribution in [2.75, 3.05) is 11.5 Å². The molecule has 1 amide bonds. The van der Waals surface area contributed by atoms with Gasteiger partial charge in [0, 0.05) is 18.2 Å². The molecule has 0 unspecified atom stereocenters. The average Bonchev–Trinajstić information content (AvgIpc) is 2.92. The molecule has 0 radical (unpaired) electrons. The molecule has 1 aliphatic heterocycles. The highest BCUT2D eigenvalue weighted by molar-refractivity contribution is 7.91. The number of halogens is 1. The molecule has 132 valence electrons. The van der Waals surface area contributed by atoms with Gasteiger partial charge in [0.25, 0.3) is 5.91 Å². The highest BCUT2D eigenvalue weighted by Gasteiger charge is 2.35. The van der Waals surface area contributed by atoms with Crippen molar-refractivity contribution in [2.24, 2.45) is 0 Å². The molecule has 0 saturated carbocycles. The van der Waals surface area contributed by atoms with Gasteiger partial charge in [-0.15, -0.1) is 0 Å². The van der Waals surface area contributed by atoms with Crippen LogP contribution in [0.15, 0.2) is 48.5 Å². The van der Waals surface area contributed by atoms with E-state index in [1.165, 1.54) is 12.1 Å². The Morgan fingerprint density at radius 3 is 2.52 bits per heavy atom. The predicted molar refractivity (Wildman–Crippen MR) is 94.5 cm³/mol. The van der Waals surface area contributed by atoms with Gasteiger partial charge in [-0.2, -0.15) is 0 Å². The highest BCUT2D eigenvalue weighted by Crippen LogP contribution is 2.23. The summed E-state index contributed by atoms with van der Waals surface area (Å²) in [6.07, 6.45) is 0.412. The Morgan fingerprint density at radius 2 is 1.92 bits per heavy atom. The summed E-state index contributed by atoms with van der Waals surface area (Å²) in [6, 6.07) is 12.8. The van der Waals surface area contributed by atoms with Gasteiger partial charge in [-0.3, -0.25) is 4.79 Å². The molecule has 0 bridgehead atoms. The topological polar surface area (TPSA) is 54.5 Å². The van der Waals surface area contributed by atoms with Crippen molar-refractivity contribution >= 4 is 15.7 Å². The Bertz CT molecular complexity index is 878. The second-order valence-corrected chi connectivity index (χ2v) is 8.71. The van der Waals surface area contributed by atoms with Gasteiger partial charge in [0.05, 0.1) is 11.5 Å². The Kier molecular flexibility index (Phi) is 4.90. The fourth-order valence-corrected chi connectivity index (χ4v) is 4.81. The van der Waals surface area contributed by atoms with Crippen molar-refractivity contribution in [1.82, 2.24) is 4.90 Å². The number of aryl methyl sites for hydroxylation is 1. The molecule has 3 rings (SSSR count). The Morgan fingerprint density at radius 1 is 1.20 bits per heavy atom. The van der Waals surface area contributed by atoms with Crippen LogP contribution in [0.5, 0.6) is 0 Å². The van der Waals surface area contributed by atoms with Crippen LogP contribution in [0.4, 0.5) is 4.39 Å². The first-order valence-electron chi connectivity index (χ1n) is 8.16. The second-order valence-electron chi connectivity index (χ2n) is 6.49. The maximum atomic E-state index is 13.5. The molecular formula is C19H20FNO3S. The van der Waals surface area contributed by atoms with Gasteiger partial charge >= 0.3 is 0 Å². The lowest BCUT2D eigenvalue weighted by atomic mass is 10.1. The van der Waals surface area contributed by atoms with E-state index in [0.29, 0.717) is 17.5 Å². The Balaban J connectivity index is 1.91. The minimum Gasteiger partial charge on any atom is -0.330 e. The molecule has 0 aromatic heterocycles. The molecule has 1 atom stereocenters. The number of sulfone groups is 1. The van der Waals surface area contributed by atoms with Crippen molar-refractivity contribution in [3.63, 3.8) is 0 Å². The van der Waals surface area contributed by atoms with Crippen molar-refractivity contribution in [3.8, 4) is 0 Å². The number of hydrogen-bond acceptors (Lipinski definition) is 3. The summed E-state index contributed by atoms with van der Waals surface area (Å²) >= 11 is 0. The van der Waals surface area contributed by atoms with Gasteiger partial charge in [-0.05, 0) is 43.2 Å². The first-order valence-corrected chi connectivity index (χ1v) is 9.99. The maximum absolute atomic E-state index is 13.5. The maximum Gasteiger partial charge on any atom is 0.254 e. The van der Waals surface area contributed by atoms with Crippen LogP contribution >= 0.6 is 0 Å². The smallest absolute Gasteiger partial charge is 0.254 e. The van der Waals surface area contributed by atoms with E-state index in [1.807, 2.05) is 19.1 Å².